The molecule has 1 saturated carbocycles. The average molecular weight is 458 g/mol. The molecule has 1 aromatic rings. The molecule has 2 aliphatic heterocycles. The third-order valence-electron chi connectivity index (χ3n) is 5.92. The number of fused-ring (bicyclic) bond motifs is 1. The van der Waals surface area contributed by atoms with E-state index < -0.39 is 9.84 Å². The number of pyridine rings is 1. The van der Waals surface area contributed by atoms with E-state index in [-0.39, 0.29) is 30.7 Å². The Hall–Kier alpha value is -2.24. The maximum Gasteiger partial charge on any atom is 0.290 e. The van der Waals surface area contributed by atoms with Gasteiger partial charge in [0, 0.05) is 50.6 Å². The molecule has 2 atom stereocenters. The zero-order valence-corrected chi connectivity index (χ0v) is 18.4. The number of carboxylic acid groups (broad SMARTS) is 2. The van der Waals surface area contributed by atoms with Gasteiger partial charge in [0.2, 0.25) is 0 Å². The summed E-state index contributed by atoms with van der Waals surface area (Å²) in [5.41, 5.74) is 0.681. The third kappa shape index (κ3) is 7.15. The molecule has 0 bridgehead atoms. The second kappa shape index (κ2) is 10.9. The molecule has 3 fully saturated rings. The molecule has 3 N–H and O–H groups in total. The van der Waals surface area contributed by atoms with E-state index in [2.05, 4.69) is 14.8 Å². The largest absolute Gasteiger partial charge is 0.483 e. The average Bonchev–Trinajstić information content (AvgIpc) is 3.33. The highest BCUT2D eigenvalue weighted by Crippen LogP contribution is 2.44. The number of sulfone groups is 1. The van der Waals surface area contributed by atoms with Crippen molar-refractivity contribution in [3.8, 4) is 0 Å². The molecule has 1 aromatic heterocycles. The Morgan fingerprint density at radius 1 is 1.16 bits per heavy atom. The standard InChI is InChI=1S/C18H27N3O3S.2CH2O2/c1-25(23,24)10-15-4-5-17(19-6-15)21-9-16-8-20(7-14-2-3-14)11-18(16,12-21)13-22;2*2-1-3/h4-6,14,16,22H,2-3,7-13H2,1H3;2*1H,(H,2,3). The number of hydrogen-bond donors (Lipinski definition) is 3. The maximum atomic E-state index is 11.4. The van der Waals surface area contributed by atoms with Gasteiger partial charge in [-0.1, -0.05) is 6.07 Å². The summed E-state index contributed by atoms with van der Waals surface area (Å²) in [4.78, 5) is 26.0. The van der Waals surface area contributed by atoms with Crippen molar-refractivity contribution in [1.29, 1.82) is 0 Å². The van der Waals surface area contributed by atoms with Gasteiger partial charge >= 0.3 is 0 Å². The minimum absolute atomic E-state index is 0.0274. The molecule has 11 heteroatoms. The second-order valence-electron chi connectivity index (χ2n) is 8.54. The molecule has 2 saturated heterocycles. The van der Waals surface area contributed by atoms with Crippen LogP contribution in [0.3, 0.4) is 0 Å². The van der Waals surface area contributed by atoms with Gasteiger partial charge in [-0.15, -0.1) is 0 Å². The highest BCUT2D eigenvalue weighted by atomic mass is 32.2. The lowest BCUT2D eigenvalue weighted by atomic mass is 9.82. The normalized spacial score (nSPS) is 25.0. The third-order valence-corrected chi connectivity index (χ3v) is 6.78. The predicted octanol–water partition coefficient (Wildman–Crippen LogP) is 0.168. The minimum atomic E-state index is -3.04. The van der Waals surface area contributed by atoms with Gasteiger partial charge in [-0.25, -0.2) is 13.4 Å². The van der Waals surface area contributed by atoms with Crippen LogP contribution in [0.5, 0.6) is 0 Å². The van der Waals surface area contributed by atoms with E-state index >= 15 is 0 Å². The number of rotatable bonds is 6. The van der Waals surface area contributed by atoms with Crippen molar-refractivity contribution in [3.05, 3.63) is 23.9 Å². The van der Waals surface area contributed by atoms with E-state index in [9.17, 15) is 13.5 Å². The molecule has 31 heavy (non-hydrogen) atoms. The summed E-state index contributed by atoms with van der Waals surface area (Å²) in [6, 6.07) is 3.76. The van der Waals surface area contributed by atoms with Crippen molar-refractivity contribution in [2.75, 3.05) is 50.5 Å². The van der Waals surface area contributed by atoms with E-state index in [1.165, 1.54) is 25.6 Å². The SMILES string of the molecule is CS(=O)(=O)Cc1ccc(N2CC3CN(CC4CC4)CC3(CO)C2)nc1.O=CO.O=CO. The van der Waals surface area contributed by atoms with Gasteiger partial charge in [-0.3, -0.25) is 9.59 Å². The molecular weight excluding hydrogens is 426 g/mol. The van der Waals surface area contributed by atoms with E-state index in [1.807, 2.05) is 12.1 Å². The van der Waals surface area contributed by atoms with Gasteiger partial charge in [0.1, 0.15) is 5.82 Å². The molecule has 0 spiro atoms. The fourth-order valence-electron chi connectivity index (χ4n) is 4.49. The number of likely N-dealkylation sites (tertiary alicyclic amines) is 1. The van der Waals surface area contributed by atoms with Crippen LogP contribution in [0.25, 0.3) is 0 Å². The highest BCUT2D eigenvalue weighted by molar-refractivity contribution is 7.89. The van der Waals surface area contributed by atoms with Gasteiger partial charge in [0.15, 0.2) is 9.84 Å². The zero-order chi connectivity index (χ0) is 23.1. The monoisotopic (exact) mass is 457 g/mol. The first-order valence-electron chi connectivity index (χ1n) is 10.1. The van der Waals surface area contributed by atoms with Gasteiger partial charge in [0.25, 0.3) is 12.9 Å². The Bertz CT molecular complexity index is 824. The Morgan fingerprint density at radius 3 is 2.26 bits per heavy atom. The predicted molar refractivity (Wildman–Crippen MR) is 115 cm³/mol. The zero-order valence-electron chi connectivity index (χ0n) is 17.6. The molecule has 4 rings (SSSR count). The first kappa shape index (κ1) is 25.0. The molecule has 2 unspecified atom stereocenters. The summed E-state index contributed by atoms with van der Waals surface area (Å²) in [5, 5.41) is 23.9. The molecule has 10 nitrogen and oxygen atoms in total. The van der Waals surface area contributed by atoms with Gasteiger partial charge < -0.3 is 25.1 Å². The van der Waals surface area contributed by atoms with Crippen LogP contribution in [0.15, 0.2) is 18.3 Å². The number of aliphatic hydroxyl groups excluding tert-OH is 1. The fourth-order valence-corrected chi connectivity index (χ4v) is 5.26. The highest BCUT2D eigenvalue weighted by Gasteiger charge is 2.52. The number of aliphatic hydroxyl groups is 1. The second-order valence-corrected chi connectivity index (χ2v) is 10.7. The van der Waals surface area contributed by atoms with Crippen LogP contribution < -0.4 is 4.90 Å². The quantitative estimate of drug-likeness (QED) is 0.505. The number of nitrogens with zero attached hydrogens (tertiary/aromatic N) is 3. The van der Waals surface area contributed by atoms with Crippen LogP contribution in [0.2, 0.25) is 0 Å². The van der Waals surface area contributed by atoms with Crippen LogP contribution in [0, 0.1) is 17.3 Å². The summed E-state index contributed by atoms with van der Waals surface area (Å²) >= 11 is 0. The number of anilines is 1. The van der Waals surface area contributed by atoms with Crippen LogP contribution in [-0.2, 0) is 25.2 Å². The Labute approximate surface area is 182 Å². The minimum Gasteiger partial charge on any atom is -0.483 e. The Kier molecular flexibility index (Phi) is 8.78. The van der Waals surface area contributed by atoms with Crippen LogP contribution in [-0.4, -0.2) is 92.2 Å². The molecule has 0 amide bonds. The smallest absolute Gasteiger partial charge is 0.290 e. The van der Waals surface area contributed by atoms with Gasteiger partial charge in [-0.2, -0.15) is 0 Å². The first-order valence-corrected chi connectivity index (χ1v) is 12.1. The topological polar surface area (TPSA) is 148 Å². The van der Waals surface area contributed by atoms with Crippen LogP contribution >= 0.6 is 0 Å². The molecule has 174 valence electrons. The van der Waals surface area contributed by atoms with E-state index in [4.69, 9.17) is 19.8 Å². The molecule has 1 aliphatic carbocycles. The first-order chi connectivity index (χ1) is 14.7. The summed E-state index contributed by atoms with van der Waals surface area (Å²) in [6.07, 6.45) is 5.63. The summed E-state index contributed by atoms with van der Waals surface area (Å²) < 4.78 is 22.8. The van der Waals surface area contributed by atoms with Crippen molar-refractivity contribution in [3.63, 3.8) is 0 Å². The van der Waals surface area contributed by atoms with Crippen molar-refractivity contribution in [2.24, 2.45) is 17.3 Å². The maximum absolute atomic E-state index is 11.4. The lowest BCUT2D eigenvalue weighted by Gasteiger charge is -2.27. The summed E-state index contributed by atoms with van der Waals surface area (Å²) in [6.45, 7) is 4.71. The van der Waals surface area contributed by atoms with E-state index in [0.29, 0.717) is 5.92 Å². The lowest BCUT2D eigenvalue weighted by molar-refractivity contribution is -0.123. The number of carbonyl (C=O) groups is 2. The molecular formula is C20H31N3O7S. The van der Waals surface area contributed by atoms with Crippen molar-refractivity contribution < 1.29 is 33.3 Å². The van der Waals surface area contributed by atoms with E-state index in [0.717, 1.165) is 43.5 Å². The number of aromatic nitrogens is 1. The fraction of sp³-hybridized carbons (Fsp3) is 0.650. The Balaban J connectivity index is 0.000000513. The van der Waals surface area contributed by atoms with E-state index in [1.54, 1.807) is 6.20 Å². The molecule has 0 radical (unpaired) electrons. The lowest BCUT2D eigenvalue weighted by Crippen LogP contribution is -2.37. The van der Waals surface area contributed by atoms with Crippen molar-refractivity contribution in [1.82, 2.24) is 9.88 Å². The van der Waals surface area contributed by atoms with Crippen molar-refractivity contribution >= 4 is 28.6 Å². The molecule has 3 aliphatic rings. The van der Waals surface area contributed by atoms with Crippen LogP contribution in [0.4, 0.5) is 5.82 Å². The number of hydrogen-bond acceptors (Lipinski definition) is 8. The Morgan fingerprint density at radius 2 is 1.81 bits per heavy atom. The van der Waals surface area contributed by atoms with Gasteiger partial charge in [0.05, 0.1) is 12.4 Å². The summed E-state index contributed by atoms with van der Waals surface area (Å²) in [7, 11) is -3.04. The van der Waals surface area contributed by atoms with Gasteiger partial charge in [-0.05, 0) is 36.3 Å². The summed E-state index contributed by atoms with van der Waals surface area (Å²) in [5.74, 6) is 2.27. The van der Waals surface area contributed by atoms with Crippen molar-refractivity contribution in [2.45, 2.75) is 18.6 Å². The van der Waals surface area contributed by atoms with Crippen LogP contribution in [0.1, 0.15) is 18.4 Å². The molecule has 0 aromatic carbocycles. The molecule has 3 heterocycles.